The number of nitro benzene ring substituents is 1. The highest BCUT2D eigenvalue weighted by Gasteiger charge is 2.32. The van der Waals surface area contributed by atoms with Gasteiger partial charge in [-0.3, -0.25) is 10.1 Å². The minimum atomic E-state index is -4.03. The van der Waals surface area contributed by atoms with Crippen LogP contribution in [-0.2, 0) is 10.0 Å². The summed E-state index contributed by atoms with van der Waals surface area (Å²) in [6, 6.07) is 16.5. The van der Waals surface area contributed by atoms with Crippen molar-refractivity contribution in [2.75, 3.05) is 0 Å². The van der Waals surface area contributed by atoms with E-state index in [1.165, 1.54) is 12.1 Å². The molecular weight excluding hydrogens is 344 g/mol. The molecule has 0 bridgehead atoms. The second-order valence-corrected chi connectivity index (χ2v) is 6.96. The Morgan fingerprint density at radius 2 is 1.76 bits per heavy atom. The minimum absolute atomic E-state index is 0.0961. The first-order valence-corrected chi connectivity index (χ1v) is 8.69. The number of sulfonamides is 1. The third-order valence-electron chi connectivity index (χ3n) is 3.84. The van der Waals surface area contributed by atoms with Crippen molar-refractivity contribution in [1.82, 2.24) is 0 Å². The zero-order chi connectivity index (χ0) is 17.6. The molecule has 25 heavy (non-hydrogen) atoms. The monoisotopic (exact) mass is 354 g/mol. The van der Waals surface area contributed by atoms with Crippen LogP contribution in [0.3, 0.4) is 0 Å². The van der Waals surface area contributed by atoms with E-state index in [1.807, 2.05) is 30.3 Å². The minimum Gasteiger partial charge on any atom is -0.437 e. The maximum atomic E-state index is 12.2. The molecule has 3 aromatic carbocycles. The molecule has 124 valence electrons. The van der Waals surface area contributed by atoms with Crippen LogP contribution in [0.2, 0.25) is 0 Å². The molecule has 0 unspecified atom stereocenters. The van der Waals surface area contributed by atoms with Crippen molar-refractivity contribution < 1.29 is 18.1 Å². The highest BCUT2D eigenvalue weighted by atomic mass is 32.2. The SMILES string of the molecule is O=[N+]([O-])c1ccc2c(c1)S(=O)(=O)N=C2Oc1cccc2ccccc12. The molecule has 0 radical (unpaired) electrons. The topological polar surface area (TPSA) is 98.9 Å². The van der Waals surface area contributed by atoms with Crippen LogP contribution in [0.1, 0.15) is 5.56 Å². The highest BCUT2D eigenvalue weighted by molar-refractivity contribution is 7.90. The molecule has 0 amide bonds. The average Bonchev–Trinajstić information content (AvgIpc) is 2.85. The number of ether oxygens (including phenoxy) is 1. The van der Waals surface area contributed by atoms with Gasteiger partial charge in [-0.1, -0.05) is 36.4 Å². The van der Waals surface area contributed by atoms with Crippen LogP contribution in [0.25, 0.3) is 10.8 Å². The van der Waals surface area contributed by atoms with E-state index >= 15 is 0 Å². The first kappa shape index (κ1) is 15.3. The van der Waals surface area contributed by atoms with Crippen molar-refractivity contribution in [2.24, 2.45) is 4.40 Å². The van der Waals surface area contributed by atoms with Gasteiger partial charge in [0.25, 0.3) is 15.7 Å². The molecule has 4 rings (SSSR count). The number of hydrogen-bond acceptors (Lipinski definition) is 5. The number of hydrogen-bond donors (Lipinski definition) is 0. The lowest BCUT2D eigenvalue weighted by molar-refractivity contribution is -0.385. The Labute approximate surface area is 142 Å². The van der Waals surface area contributed by atoms with Crippen molar-refractivity contribution in [3.63, 3.8) is 0 Å². The molecule has 1 aliphatic heterocycles. The van der Waals surface area contributed by atoms with Gasteiger partial charge in [-0.15, -0.1) is 4.40 Å². The maximum Gasteiger partial charge on any atom is 0.286 e. The lowest BCUT2D eigenvalue weighted by atomic mass is 10.1. The average molecular weight is 354 g/mol. The summed E-state index contributed by atoms with van der Waals surface area (Å²) in [5, 5.41) is 12.6. The second-order valence-electron chi connectivity index (χ2n) is 5.39. The van der Waals surface area contributed by atoms with Crippen molar-refractivity contribution in [3.05, 3.63) is 76.3 Å². The van der Waals surface area contributed by atoms with Gasteiger partial charge in [0.1, 0.15) is 10.6 Å². The Morgan fingerprint density at radius 1 is 1.00 bits per heavy atom. The van der Waals surface area contributed by atoms with Crippen LogP contribution in [0.5, 0.6) is 5.75 Å². The van der Waals surface area contributed by atoms with Gasteiger partial charge in [0.05, 0.1) is 10.5 Å². The van der Waals surface area contributed by atoms with Gasteiger partial charge < -0.3 is 4.74 Å². The number of benzene rings is 3. The van der Waals surface area contributed by atoms with Crippen LogP contribution < -0.4 is 4.74 Å². The molecular formula is C17H10N2O5S. The first-order valence-electron chi connectivity index (χ1n) is 7.25. The molecule has 0 aliphatic carbocycles. The van der Waals surface area contributed by atoms with E-state index in [-0.39, 0.29) is 22.0 Å². The molecule has 0 spiro atoms. The zero-order valence-electron chi connectivity index (χ0n) is 12.6. The zero-order valence-corrected chi connectivity index (χ0v) is 13.4. The quantitative estimate of drug-likeness (QED) is 0.519. The summed E-state index contributed by atoms with van der Waals surface area (Å²) >= 11 is 0. The molecule has 0 aromatic heterocycles. The van der Waals surface area contributed by atoms with Gasteiger partial charge in [-0.05, 0) is 17.5 Å². The Bertz CT molecular complexity index is 1160. The van der Waals surface area contributed by atoms with E-state index in [2.05, 4.69) is 4.40 Å². The van der Waals surface area contributed by atoms with E-state index < -0.39 is 14.9 Å². The van der Waals surface area contributed by atoms with Crippen LogP contribution in [0.4, 0.5) is 5.69 Å². The fraction of sp³-hybridized carbons (Fsp3) is 0. The van der Waals surface area contributed by atoms with Crippen LogP contribution in [0, 0.1) is 10.1 Å². The smallest absolute Gasteiger partial charge is 0.286 e. The van der Waals surface area contributed by atoms with Crippen molar-refractivity contribution in [1.29, 1.82) is 0 Å². The Kier molecular flexibility index (Phi) is 3.29. The third kappa shape index (κ3) is 2.52. The van der Waals surface area contributed by atoms with Gasteiger partial charge in [-0.25, -0.2) is 0 Å². The predicted molar refractivity (Wildman–Crippen MR) is 91.4 cm³/mol. The molecule has 0 saturated heterocycles. The fourth-order valence-electron chi connectivity index (χ4n) is 2.68. The molecule has 0 saturated carbocycles. The molecule has 1 heterocycles. The molecule has 0 fully saturated rings. The number of non-ortho nitro benzene ring substituents is 1. The first-order chi connectivity index (χ1) is 12.0. The highest BCUT2D eigenvalue weighted by Crippen LogP contribution is 2.32. The van der Waals surface area contributed by atoms with Gasteiger partial charge >= 0.3 is 0 Å². The summed E-state index contributed by atoms with van der Waals surface area (Å²) in [6.45, 7) is 0. The Hall–Kier alpha value is -3.26. The molecule has 8 heteroatoms. The van der Waals surface area contributed by atoms with Gasteiger partial charge in [0.15, 0.2) is 0 Å². The van der Waals surface area contributed by atoms with Crippen LogP contribution in [0.15, 0.2) is 70.0 Å². The van der Waals surface area contributed by atoms with E-state index in [0.717, 1.165) is 16.8 Å². The summed E-state index contributed by atoms with van der Waals surface area (Å²) < 4.78 is 33.8. The number of nitro groups is 1. The summed E-state index contributed by atoms with van der Waals surface area (Å²) in [4.78, 5) is 9.99. The van der Waals surface area contributed by atoms with Gasteiger partial charge in [0, 0.05) is 17.5 Å². The van der Waals surface area contributed by atoms with Crippen molar-refractivity contribution in [3.8, 4) is 5.75 Å². The lowest BCUT2D eigenvalue weighted by Crippen LogP contribution is -2.08. The molecule has 7 nitrogen and oxygen atoms in total. The van der Waals surface area contributed by atoms with Crippen molar-refractivity contribution >= 4 is 32.4 Å². The van der Waals surface area contributed by atoms with E-state index in [0.29, 0.717) is 5.75 Å². The van der Waals surface area contributed by atoms with Gasteiger partial charge in [0.2, 0.25) is 5.90 Å². The summed E-state index contributed by atoms with van der Waals surface area (Å²) in [7, 11) is -4.03. The normalized spacial score (nSPS) is 14.8. The molecule has 0 N–H and O–H groups in total. The van der Waals surface area contributed by atoms with Gasteiger partial charge in [-0.2, -0.15) is 8.42 Å². The lowest BCUT2D eigenvalue weighted by Gasteiger charge is -2.08. The number of fused-ring (bicyclic) bond motifs is 2. The number of rotatable bonds is 2. The summed E-state index contributed by atoms with van der Waals surface area (Å²) in [6.07, 6.45) is 0. The molecule has 3 aromatic rings. The third-order valence-corrected chi connectivity index (χ3v) is 5.14. The largest absolute Gasteiger partial charge is 0.437 e. The van der Waals surface area contributed by atoms with Crippen LogP contribution >= 0.6 is 0 Å². The van der Waals surface area contributed by atoms with Crippen molar-refractivity contribution in [2.45, 2.75) is 4.90 Å². The maximum absolute atomic E-state index is 12.2. The Balaban J connectivity index is 1.82. The standard InChI is InChI=1S/C17H10N2O5S/c20-19(21)12-8-9-14-16(10-12)25(22,23)18-17(14)24-15-7-3-5-11-4-1-2-6-13(11)15/h1-10H. The van der Waals surface area contributed by atoms with E-state index in [4.69, 9.17) is 4.74 Å². The summed E-state index contributed by atoms with van der Waals surface area (Å²) in [5.74, 6) is 0.361. The Morgan fingerprint density at radius 3 is 2.56 bits per heavy atom. The van der Waals surface area contributed by atoms with E-state index in [9.17, 15) is 18.5 Å². The summed E-state index contributed by atoms with van der Waals surface area (Å²) in [5.41, 5.74) is -0.109. The van der Waals surface area contributed by atoms with E-state index in [1.54, 1.807) is 12.1 Å². The number of nitrogens with zero attached hydrogens (tertiary/aromatic N) is 2. The predicted octanol–water partition coefficient (Wildman–Crippen LogP) is 3.28. The molecule has 0 atom stereocenters. The fourth-order valence-corrected chi connectivity index (χ4v) is 3.84. The second kappa shape index (κ2) is 5.38. The molecule has 1 aliphatic rings. The van der Waals surface area contributed by atoms with Crippen LogP contribution in [-0.4, -0.2) is 19.2 Å².